The fourth-order valence-corrected chi connectivity index (χ4v) is 0.913. The molecule has 0 aliphatic carbocycles. The van der Waals surface area contributed by atoms with Crippen molar-refractivity contribution >= 4 is 7.28 Å². The minimum absolute atomic E-state index is 0.227. The van der Waals surface area contributed by atoms with Crippen LogP contribution in [0.1, 0.15) is 34.6 Å². The highest BCUT2D eigenvalue weighted by molar-refractivity contribution is 6.39. The first-order valence-electron chi connectivity index (χ1n) is 4.47. The smallest absolute Gasteiger partial charge is 0.152 e. The van der Waals surface area contributed by atoms with Crippen molar-refractivity contribution < 1.29 is 9.84 Å². The lowest BCUT2D eigenvalue weighted by Gasteiger charge is -2.28. The first-order chi connectivity index (χ1) is 5.27. The van der Waals surface area contributed by atoms with E-state index in [4.69, 9.17) is 4.74 Å². The highest BCUT2D eigenvalue weighted by Crippen LogP contribution is 2.12. The molecule has 1 radical (unpaired) electrons. The summed E-state index contributed by atoms with van der Waals surface area (Å²) in [5.74, 6) is 0. The largest absolute Gasteiger partial charge is 0.388 e. The third-order valence-corrected chi connectivity index (χ3v) is 1.49. The second-order valence-electron chi connectivity index (χ2n) is 4.32. The maximum absolute atomic E-state index is 9.41. The van der Waals surface area contributed by atoms with Crippen molar-refractivity contribution in [3.8, 4) is 0 Å². The normalized spacial score (nSPS) is 13.2. The number of hydrogen-bond donors (Lipinski definition) is 1. The van der Waals surface area contributed by atoms with E-state index in [1.807, 2.05) is 13.8 Å². The van der Waals surface area contributed by atoms with Crippen LogP contribution in [-0.2, 0) is 4.74 Å². The van der Waals surface area contributed by atoms with Crippen molar-refractivity contribution in [2.75, 3.05) is 6.61 Å². The fourth-order valence-electron chi connectivity index (χ4n) is 0.913. The molecule has 0 aromatic carbocycles. The van der Waals surface area contributed by atoms with Gasteiger partial charge in [-0.1, -0.05) is 13.2 Å². The molecule has 0 atom stereocenters. The molecule has 12 heavy (non-hydrogen) atoms. The molecule has 3 heteroatoms. The van der Waals surface area contributed by atoms with Crippen LogP contribution >= 0.6 is 0 Å². The molecule has 0 saturated carbocycles. The van der Waals surface area contributed by atoms with Gasteiger partial charge in [0.15, 0.2) is 7.28 Å². The zero-order chi connectivity index (χ0) is 9.83. The van der Waals surface area contributed by atoms with Crippen molar-refractivity contribution in [3.05, 3.63) is 0 Å². The lowest BCUT2D eigenvalue weighted by atomic mass is 9.60. The maximum atomic E-state index is 9.41. The van der Waals surface area contributed by atoms with E-state index in [9.17, 15) is 5.11 Å². The average molecular weight is 171 g/mol. The number of rotatable bonds is 5. The minimum Gasteiger partial charge on any atom is -0.388 e. The molecule has 0 aromatic rings. The van der Waals surface area contributed by atoms with Gasteiger partial charge in [0.05, 0.1) is 12.2 Å². The van der Waals surface area contributed by atoms with Gasteiger partial charge in [-0.05, 0) is 27.7 Å². The molecular weight excluding hydrogens is 151 g/mol. The highest BCUT2D eigenvalue weighted by Gasteiger charge is 2.22. The van der Waals surface area contributed by atoms with Crippen LogP contribution in [0.4, 0.5) is 0 Å². The summed E-state index contributed by atoms with van der Waals surface area (Å²) in [6.45, 7) is 9.94. The first kappa shape index (κ1) is 12.0. The molecule has 2 nitrogen and oxygen atoms in total. The molecule has 0 aliphatic heterocycles. The van der Waals surface area contributed by atoms with Crippen molar-refractivity contribution in [1.82, 2.24) is 0 Å². The van der Waals surface area contributed by atoms with Crippen molar-refractivity contribution in [2.45, 2.75) is 52.0 Å². The Bertz CT molecular complexity index is 127. The summed E-state index contributed by atoms with van der Waals surface area (Å²) in [6.07, 6.45) is 0.985. The number of hydrogen-bond acceptors (Lipinski definition) is 2. The van der Waals surface area contributed by atoms with Gasteiger partial charge in [0.1, 0.15) is 0 Å². The number of ether oxygens (including phenoxy) is 1. The first-order valence-corrected chi connectivity index (χ1v) is 4.47. The molecule has 0 heterocycles. The Kier molecular flexibility index (Phi) is 4.28. The van der Waals surface area contributed by atoms with Gasteiger partial charge >= 0.3 is 0 Å². The zero-order valence-electron chi connectivity index (χ0n) is 8.85. The Balaban J connectivity index is 3.75. The molecule has 0 saturated heterocycles. The van der Waals surface area contributed by atoms with Crippen LogP contribution < -0.4 is 0 Å². The Hall–Kier alpha value is -0.0151. The van der Waals surface area contributed by atoms with Gasteiger partial charge in [0, 0.05) is 5.50 Å². The van der Waals surface area contributed by atoms with Crippen molar-refractivity contribution in [2.24, 2.45) is 0 Å². The molecule has 0 fully saturated rings. The average Bonchev–Trinajstić information content (AvgIpc) is 1.83. The summed E-state index contributed by atoms with van der Waals surface area (Å²) in [5.41, 5.74) is -0.965. The number of aliphatic hydroxyl groups is 1. The molecule has 0 bridgehead atoms. The van der Waals surface area contributed by atoms with Gasteiger partial charge < -0.3 is 9.84 Å². The van der Waals surface area contributed by atoms with E-state index in [1.54, 1.807) is 13.8 Å². The van der Waals surface area contributed by atoms with Crippen LogP contribution in [-0.4, -0.2) is 30.1 Å². The van der Waals surface area contributed by atoms with E-state index in [0.717, 1.165) is 6.32 Å². The summed E-state index contributed by atoms with van der Waals surface area (Å²) >= 11 is 0. The van der Waals surface area contributed by atoms with E-state index in [1.165, 1.54) is 0 Å². The molecule has 0 aliphatic rings. The summed E-state index contributed by atoms with van der Waals surface area (Å²) in [5, 5.41) is 9.41. The molecule has 71 valence electrons. The Morgan fingerprint density at radius 1 is 1.25 bits per heavy atom. The quantitative estimate of drug-likeness (QED) is 0.637. The van der Waals surface area contributed by atoms with Crippen LogP contribution in [0.15, 0.2) is 0 Å². The summed E-state index contributed by atoms with van der Waals surface area (Å²) in [4.78, 5) is 0. The van der Waals surface area contributed by atoms with Crippen LogP contribution in [0.25, 0.3) is 0 Å². The minimum atomic E-state index is -0.737. The Labute approximate surface area is 76.6 Å². The SMILES string of the molecule is CC[B]C(C)(C)OCC(C)(C)O. The van der Waals surface area contributed by atoms with Gasteiger partial charge in [-0.25, -0.2) is 0 Å². The molecule has 1 N–H and O–H groups in total. The highest BCUT2D eigenvalue weighted by atomic mass is 16.5. The molecule has 0 amide bonds. The van der Waals surface area contributed by atoms with Gasteiger partial charge in [0.2, 0.25) is 0 Å². The van der Waals surface area contributed by atoms with Crippen LogP contribution in [0.3, 0.4) is 0 Å². The second kappa shape index (κ2) is 4.29. The van der Waals surface area contributed by atoms with Crippen LogP contribution in [0.5, 0.6) is 0 Å². The standard InChI is InChI=1S/C9H20BO2/c1-6-10-9(4,5)12-7-8(2,3)11/h11H,6-7H2,1-5H3. The fraction of sp³-hybridized carbons (Fsp3) is 1.00. The topological polar surface area (TPSA) is 29.5 Å². The summed E-state index contributed by atoms with van der Waals surface area (Å²) < 4.78 is 5.53. The lowest BCUT2D eigenvalue weighted by molar-refractivity contribution is -0.0590. The molecule has 0 aromatic heterocycles. The second-order valence-corrected chi connectivity index (χ2v) is 4.32. The van der Waals surface area contributed by atoms with E-state index in [-0.39, 0.29) is 5.50 Å². The van der Waals surface area contributed by atoms with Crippen molar-refractivity contribution in [1.29, 1.82) is 0 Å². The molecular formula is C9H20BO2. The van der Waals surface area contributed by atoms with E-state index in [0.29, 0.717) is 6.61 Å². The summed E-state index contributed by atoms with van der Waals surface area (Å²) in [7, 11) is 2.10. The third kappa shape index (κ3) is 6.68. The molecule has 0 unspecified atom stereocenters. The summed E-state index contributed by atoms with van der Waals surface area (Å²) in [6, 6.07) is 0. The molecule has 0 spiro atoms. The van der Waals surface area contributed by atoms with Crippen LogP contribution in [0.2, 0.25) is 6.32 Å². The lowest BCUT2D eigenvalue weighted by Crippen LogP contribution is -2.38. The van der Waals surface area contributed by atoms with Gasteiger partial charge in [0.25, 0.3) is 0 Å². The van der Waals surface area contributed by atoms with Gasteiger partial charge in [-0.15, -0.1) is 0 Å². The van der Waals surface area contributed by atoms with E-state index < -0.39 is 5.60 Å². The maximum Gasteiger partial charge on any atom is 0.152 e. The van der Waals surface area contributed by atoms with Gasteiger partial charge in [-0.3, -0.25) is 0 Å². The predicted molar refractivity (Wildman–Crippen MR) is 52.6 cm³/mol. The predicted octanol–water partition coefficient (Wildman–Crippen LogP) is 1.65. The van der Waals surface area contributed by atoms with Gasteiger partial charge in [-0.2, -0.15) is 0 Å². The molecule has 0 rings (SSSR count). The van der Waals surface area contributed by atoms with Crippen LogP contribution in [0, 0.1) is 0 Å². The van der Waals surface area contributed by atoms with Crippen molar-refractivity contribution in [3.63, 3.8) is 0 Å². The van der Waals surface area contributed by atoms with E-state index in [2.05, 4.69) is 14.2 Å². The Morgan fingerprint density at radius 2 is 1.75 bits per heavy atom. The third-order valence-electron chi connectivity index (χ3n) is 1.49. The monoisotopic (exact) mass is 171 g/mol. The zero-order valence-corrected chi connectivity index (χ0v) is 8.85. The van der Waals surface area contributed by atoms with E-state index >= 15 is 0 Å². The Morgan fingerprint density at radius 3 is 2.08 bits per heavy atom.